The van der Waals surface area contributed by atoms with Crippen molar-refractivity contribution in [2.45, 2.75) is 0 Å². The number of carbonyl (C=O) groups excluding carboxylic acids is 2. The van der Waals surface area contributed by atoms with E-state index in [-0.39, 0.29) is 12.4 Å². The van der Waals surface area contributed by atoms with Crippen LogP contribution in [0.25, 0.3) is 6.08 Å². The minimum absolute atomic E-state index is 0.227. The molecule has 0 aliphatic heterocycles. The van der Waals surface area contributed by atoms with Crippen LogP contribution in [-0.4, -0.2) is 18.4 Å². The summed E-state index contributed by atoms with van der Waals surface area (Å²) in [6, 6.07) is 10.3. The zero-order chi connectivity index (χ0) is 17.5. The Morgan fingerprint density at radius 3 is 2.50 bits per heavy atom. The number of anilines is 1. The molecule has 4 nitrogen and oxygen atoms in total. The van der Waals surface area contributed by atoms with E-state index in [1.165, 1.54) is 42.5 Å². The molecule has 0 saturated heterocycles. The van der Waals surface area contributed by atoms with E-state index < -0.39 is 11.8 Å². The van der Waals surface area contributed by atoms with Crippen molar-refractivity contribution in [3.05, 3.63) is 70.0 Å². The fourth-order valence-electron chi connectivity index (χ4n) is 1.76. The van der Waals surface area contributed by atoms with Crippen LogP contribution in [0.3, 0.4) is 0 Å². The van der Waals surface area contributed by atoms with Gasteiger partial charge in [-0.15, -0.1) is 0 Å². The molecule has 124 valence electrons. The minimum atomic E-state index is -0.452. The van der Waals surface area contributed by atoms with Crippen molar-refractivity contribution in [2.75, 3.05) is 11.9 Å². The van der Waals surface area contributed by atoms with Crippen molar-refractivity contribution in [3.63, 3.8) is 0 Å². The SMILES string of the molecule is O=C(/C=C/c1ccc(F)cc1)NCC(=O)Nc1cc(Cl)ccc1Cl. The van der Waals surface area contributed by atoms with Gasteiger partial charge < -0.3 is 10.6 Å². The summed E-state index contributed by atoms with van der Waals surface area (Å²) in [7, 11) is 0. The summed E-state index contributed by atoms with van der Waals surface area (Å²) < 4.78 is 12.8. The first-order valence-corrected chi connectivity index (χ1v) is 7.66. The third-order valence-electron chi connectivity index (χ3n) is 2.92. The summed E-state index contributed by atoms with van der Waals surface area (Å²) in [5.74, 6) is -1.25. The van der Waals surface area contributed by atoms with Crippen LogP contribution in [0.4, 0.5) is 10.1 Å². The highest BCUT2D eigenvalue weighted by Crippen LogP contribution is 2.25. The topological polar surface area (TPSA) is 58.2 Å². The van der Waals surface area contributed by atoms with E-state index in [1.54, 1.807) is 12.1 Å². The molecule has 0 unspecified atom stereocenters. The second-order valence-electron chi connectivity index (χ2n) is 4.78. The second-order valence-corrected chi connectivity index (χ2v) is 5.62. The molecule has 0 heterocycles. The number of hydrogen-bond acceptors (Lipinski definition) is 2. The number of rotatable bonds is 5. The minimum Gasteiger partial charge on any atom is -0.343 e. The summed E-state index contributed by atoms with van der Waals surface area (Å²) in [5.41, 5.74) is 1.03. The molecule has 7 heteroatoms. The summed E-state index contributed by atoms with van der Waals surface area (Å²) in [4.78, 5) is 23.5. The lowest BCUT2D eigenvalue weighted by Crippen LogP contribution is -2.31. The van der Waals surface area contributed by atoms with Crippen molar-refractivity contribution in [1.82, 2.24) is 5.32 Å². The van der Waals surface area contributed by atoms with Crippen LogP contribution in [0.1, 0.15) is 5.56 Å². The van der Waals surface area contributed by atoms with Gasteiger partial charge in [-0.3, -0.25) is 9.59 Å². The molecule has 0 aliphatic rings. The average Bonchev–Trinajstić information content (AvgIpc) is 2.56. The molecule has 2 aromatic carbocycles. The van der Waals surface area contributed by atoms with Gasteiger partial charge in [-0.05, 0) is 42.0 Å². The lowest BCUT2D eigenvalue weighted by molar-refractivity contribution is -0.121. The number of nitrogens with one attached hydrogen (secondary N) is 2. The molecule has 0 radical (unpaired) electrons. The molecule has 0 aromatic heterocycles. The number of benzene rings is 2. The van der Waals surface area contributed by atoms with Crippen LogP contribution in [0, 0.1) is 5.82 Å². The first kappa shape index (κ1) is 18.0. The fourth-order valence-corrected chi connectivity index (χ4v) is 2.10. The molecule has 0 saturated carbocycles. The molecule has 0 aliphatic carbocycles. The predicted molar refractivity (Wildman–Crippen MR) is 93.5 cm³/mol. The van der Waals surface area contributed by atoms with Crippen LogP contribution in [0.2, 0.25) is 10.0 Å². The summed E-state index contributed by atoms with van der Waals surface area (Å²) >= 11 is 11.8. The Balaban J connectivity index is 1.83. The molecule has 0 spiro atoms. The number of amides is 2. The Morgan fingerprint density at radius 2 is 1.79 bits per heavy atom. The van der Waals surface area contributed by atoms with Gasteiger partial charge in [-0.1, -0.05) is 35.3 Å². The van der Waals surface area contributed by atoms with Gasteiger partial charge in [0.05, 0.1) is 17.3 Å². The molecule has 2 rings (SSSR count). The molecule has 2 amide bonds. The highest BCUT2D eigenvalue weighted by molar-refractivity contribution is 6.35. The largest absolute Gasteiger partial charge is 0.343 e. The van der Waals surface area contributed by atoms with E-state index in [1.807, 2.05) is 0 Å². The monoisotopic (exact) mass is 366 g/mol. The molecule has 2 N–H and O–H groups in total. The second kappa shape index (κ2) is 8.47. The summed E-state index contributed by atoms with van der Waals surface area (Å²) in [6.07, 6.45) is 2.77. The molecule has 0 fully saturated rings. The fraction of sp³-hybridized carbons (Fsp3) is 0.0588. The van der Waals surface area contributed by atoms with E-state index in [0.29, 0.717) is 21.3 Å². The third-order valence-corrected chi connectivity index (χ3v) is 3.49. The molecule has 2 aromatic rings. The lowest BCUT2D eigenvalue weighted by Gasteiger charge is -2.08. The van der Waals surface area contributed by atoms with E-state index in [9.17, 15) is 14.0 Å². The molecular formula is C17H13Cl2FN2O2. The van der Waals surface area contributed by atoms with Gasteiger partial charge in [0.25, 0.3) is 0 Å². The van der Waals surface area contributed by atoms with Gasteiger partial charge in [-0.25, -0.2) is 4.39 Å². The quantitative estimate of drug-likeness (QED) is 0.788. The molecule has 24 heavy (non-hydrogen) atoms. The molecule has 0 bridgehead atoms. The summed E-state index contributed by atoms with van der Waals surface area (Å²) in [6.45, 7) is -0.227. The molecular weight excluding hydrogens is 354 g/mol. The number of halogens is 3. The zero-order valence-corrected chi connectivity index (χ0v) is 13.9. The van der Waals surface area contributed by atoms with Crippen LogP contribution in [0.5, 0.6) is 0 Å². The standard InChI is InChI=1S/C17H13Cl2FN2O2/c18-12-4-7-14(19)15(9-12)22-17(24)10-21-16(23)8-3-11-1-5-13(20)6-2-11/h1-9H,10H2,(H,21,23)(H,22,24)/b8-3+. The average molecular weight is 367 g/mol. The van der Waals surface area contributed by atoms with Crippen molar-refractivity contribution < 1.29 is 14.0 Å². The van der Waals surface area contributed by atoms with Gasteiger partial charge in [0.15, 0.2) is 0 Å². The summed E-state index contributed by atoms with van der Waals surface area (Å²) in [5, 5.41) is 5.76. The van der Waals surface area contributed by atoms with Crippen molar-refractivity contribution in [1.29, 1.82) is 0 Å². The van der Waals surface area contributed by atoms with Crippen LogP contribution < -0.4 is 10.6 Å². The first-order chi connectivity index (χ1) is 11.4. The lowest BCUT2D eigenvalue weighted by atomic mass is 10.2. The van der Waals surface area contributed by atoms with Gasteiger partial charge in [0, 0.05) is 11.1 Å². The predicted octanol–water partition coefficient (Wildman–Crippen LogP) is 3.90. The maximum absolute atomic E-state index is 12.8. The Morgan fingerprint density at radius 1 is 1.08 bits per heavy atom. The highest BCUT2D eigenvalue weighted by Gasteiger charge is 2.07. The highest BCUT2D eigenvalue weighted by atomic mass is 35.5. The van der Waals surface area contributed by atoms with Crippen LogP contribution >= 0.6 is 23.2 Å². The van der Waals surface area contributed by atoms with E-state index >= 15 is 0 Å². The van der Waals surface area contributed by atoms with E-state index in [2.05, 4.69) is 10.6 Å². The van der Waals surface area contributed by atoms with Crippen molar-refractivity contribution >= 4 is 46.8 Å². The smallest absolute Gasteiger partial charge is 0.244 e. The van der Waals surface area contributed by atoms with Gasteiger partial charge >= 0.3 is 0 Å². The Bertz CT molecular complexity index is 777. The van der Waals surface area contributed by atoms with Crippen molar-refractivity contribution in [2.24, 2.45) is 0 Å². The van der Waals surface area contributed by atoms with Crippen LogP contribution in [0.15, 0.2) is 48.5 Å². The van der Waals surface area contributed by atoms with E-state index in [4.69, 9.17) is 23.2 Å². The van der Waals surface area contributed by atoms with Gasteiger partial charge in [-0.2, -0.15) is 0 Å². The molecule has 0 atom stereocenters. The van der Waals surface area contributed by atoms with Gasteiger partial charge in [0.1, 0.15) is 5.82 Å². The maximum Gasteiger partial charge on any atom is 0.244 e. The normalized spacial score (nSPS) is 10.6. The number of carbonyl (C=O) groups is 2. The van der Waals surface area contributed by atoms with Crippen LogP contribution in [-0.2, 0) is 9.59 Å². The van der Waals surface area contributed by atoms with Gasteiger partial charge in [0.2, 0.25) is 11.8 Å². The first-order valence-electron chi connectivity index (χ1n) is 6.90. The maximum atomic E-state index is 12.8. The third kappa shape index (κ3) is 5.68. The Hall–Kier alpha value is -2.37. The zero-order valence-electron chi connectivity index (χ0n) is 12.4. The van der Waals surface area contributed by atoms with Crippen molar-refractivity contribution in [3.8, 4) is 0 Å². The Kier molecular flexibility index (Phi) is 6.35. The number of hydrogen-bond donors (Lipinski definition) is 2. The Labute approximate surface area is 148 Å². The van der Waals surface area contributed by atoms with E-state index in [0.717, 1.165) is 0 Å².